The molecular formula is C14H18N2O2. The third-order valence-electron chi connectivity index (χ3n) is 2.64. The van der Waals surface area contributed by atoms with E-state index in [1.807, 2.05) is 12.1 Å². The summed E-state index contributed by atoms with van der Waals surface area (Å²) in [5.41, 5.74) is 2.39. The van der Waals surface area contributed by atoms with E-state index in [2.05, 4.69) is 30.4 Å². The summed E-state index contributed by atoms with van der Waals surface area (Å²) in [5, 5.41) is 6.96. The van der Waals surface area contributed by atoms with Crippen molar-refractivity contribution in [2.45, 2.75) is 27.0 Å². The number of aromatic nitrogens is 1. The number of hydrogen-bond donors (Lipinski definition) is 1. The van der Waals surface area contributed by atoms with Gasteiger partial charge in [0.05, 0.1) is 6.20 Å². The third-order valence-corrected chi connectivity index (χ3v) is 2.64. The average molecular weight is 246 g/mol. The lowest BCUT2D eigenvalue weighted by molar-refractivity contribution is 0.247. The zero-order valence-corrected chi connectivity index (χ0v) is 10.8. The van der Waals surface area contributed by atoms with Crippen molar-refractivity contribution in [1.29, 1.82) is 0 Å². The van der Waals surface area contributed by atoms with Crippen molar-refractivity contribution in [3.63, 3.8) is 0 Å². The van der Waals surface area contributed by atoms with Gasteiger partial charge in [-0.2, -0.15) is 0 Å². The lowest BCUT2D eigenvalue weighted by Crippen LogP contribution is -2.13. The molecule has 1 aromatic carbocycles. The summed E-state index contributed by atoms with van der Waals surface area (Å²) in [7, 11) is 0. The second-order valence-electron chi connectivity index (χ2n) is 4.16. The van der Waals surface area contributed by atoms with E-state index in [1.165, 1.54) is 5.56 Å². The van der Waals surface area contributed by atoms with Crippen LogP contribution in [-0.2, 0) is 13.2 Å². The van der Waals surface area contributed by atoms with Gasteiger partial charge in [0.1, 0.15) is 12.4 Å². The zero-order valence-electron chi connectivity index (χ0n) is 10.8. The van der Waals surface area contributed by atoms with Gasteiger partial charge in [-0.1, -0.05) is 29.8 Å². The highest BCUT2D eigenvalue weighted by Crippen LogP contribution is 2.21. The fourth-order valence-corrected chi connectivity index (χ4v) is 1.71. The largest absolute Gasteiger partial charge is 0.485 e. The molecule has 0 atom stereocenters. The molecule has 0 aliphatic carbocycles. The fourth-order valence-electron chi connectivity index (χ4n) is 1.71. The number of nitrogens with zero attached hydrogens (tertiary/aromatic N) is 1. The predicted molar refractivity (Wildman–Crippen MR) is 69.4 cm³/mol. The molecule has 2 aromatic rings. The average Bonchev–Trinajstić information content (AvgIpc) is 2.88. The molecule has 0 radical (unpaired) electrons. The van der Waals surface area contributed by atoms with Gasteiger partial charge in [-0.3, -0.25) is 0 Å². The normalized spacial score (nSPS) is 10.6. The number of ether oxygens (including phenoxy) is 1. The van der Waals surface area contributed by atoms with Crippen molar-refractivity contribution in [2.24, 2.45) is 0 Å². The molecular weight excluding hydrogens is 228 g/mol. The number of nitrogens with one attached hydrogen (secondary N) is 1. The molecule has 4 heteroatoms. The van der Waals surface area contributed by atoms with Crippen LogP contribution in [0.15, 0.2) is 35.0 Å². The van der Waals surface area contributed by atoms with E-state index in [1.54, 1.807) is 12.3 Å². The Balaban J connectivity index is 2.05. The summed E-state index contributed by atoms with van der Waals surface area (Å²) < 4.78 is 10.8. The molecule has 0 saturated heterocycles. The second-order valence-corrected chi connectivity index (χ2v) is 4.16. The Kier molecular flexibility index (Phi) is 4.36. The van der Waals surface area contributed by atoms with E-state index in [-0.39, 0.29) is 0 Å². The van der Waals surface area contributed by atoms with E-state index >= 15 is 0 Å². The van der Waals surface area contributed by atoms with E-state index < -0.39 is 0 Å². The number of rotatable bonds is 6. The lowest BCUT2D eigenvalue weighted by Gasteiger charge is -2.11. The van der Waals surface area contributed by atoms with Crippen LogP contribution in [0.2, 0.25) is 0 Å². The maximum absolute atomic E-state index is 5.76. The van der Waals surface area contributed by atoms with E-state index in [9.17, 15) is 0 Å². The smallest absolute Gasteiger partial charge is 0.174 e. The van der Waals surface area contributed by atoms with Crippen molar-refractivity contribution in [2.75, 3.05) is 6.54 Å². The zero-order chi connectivity index (χ0) is 12.8. The molecule has 0 saturated carbocycles. The monoisotopic (exact) mass is 246 g/mol. The summed E-state index contributed by atoms with van der Waals surface area (Å²) in [6.07, 6.45) is 1.62. The SMILES string of the molecule is CCNCc1cc(C)ccc1OCc1ccno1. The third kappa shape index (κ3) is 3.34. The van der Waals surface area contributed by atoms with Crippen LogP contribution in [0.4, 0.5) is 0 Å². The van der Waals surface area contributed by atoms with Crippen molar-refractivity contribution >= 4 is 0 Å². The van der Waals surface area contributed by atoms with Gasteiger partial charge >= 0.3 is 0 Å². The first kappa shape index (κ1) is 12.6. The molecule has 0 spiro atoms. The van der Waals surface area contributed by atoms with Gasteiger partial charge < -0.3 is 14.6 Å². The van der Waals surface area contributed by atoms with Gasteiger partial charge in [-0.25, -0.2) is 0 Å². The minimum atomic E-state index is 0.405. The summed E-state index contributed by atoms with van der Waals surface area (Å²) in [6.45, 7) is 6.32. The van der Waals surface area contributed by atoms with Gasteiger partial charge in [-0.05, 0) is 19.5 Å². The summed E-state index contributed by atoms with van der Waals surface area (Å²) in [6, 6.07) is 7.99. The van der Waals surface area contributed by atoms with Crippen LogP contribution < -0.4 is 10.1 Å². The van der Waals surface area contributed by atoms with Crippen molar-refractivity contribution in [1.82, 2.24) is 10.5 Å². The molecule has 0 aliphatic rings. The Morgan fingerprint density at radius 2 is 2.22 bits per heavy atom. The molecule has 0 aliphatic heterocycles. The predicted octanol–water partition coefficient (Wildman–Crippen LogP) is 2.67. The fraction of sp³-hybridized carbons (Fsp3) is 0.357. The van der Waals surface area contributed by atoms with Crippen molar-refractivity contribution in [3.05, 3.63) is 47.3 Å². The number of hydrogen-bond acceptors (Lipinski definition) is 4. The van der Waals surface area contributed by atoms with Gasteiger partial charge in [0, 0.05) is 18.2 Å². The minimum absolute atomic E-state index is 0.405. The van der Waals surface area contributed by atoms with Crippen molar-refractivity contribution < 1.29 is 9.26 Å². The molecule has 1 heterocycles. The van der Waals surface area contributed by atoms with E-state index in [0.29, 0.717) is 6.61 Å². The molecule has 96 valence electrons. The number of benzene rings is 1. The van der Waals surface area contributed by atoms with Gasteiger partial charge in [0.2, 0.25) is 0 Å². The van der Waals surface area contributed by atoms with Crippen LogP contribution in [0.25, 0.3) is 0 Å². The Hall–Kier alpha value is -1.81. The van der Waals surface area contributed by atoms with Crippen LogP contribution in [0.1, 0.15) is 23.8 Å². The molecule has 4 nitrogen and oxygen atoms in total. The van der Waals surface area contributed by atoms with Crippen LogP contribution in [-0.4, -0.2) is 11.7 Å². The molecule has 0 bridgehead atoms. The molecule has 0 amide bonds. The number of aryl methyl sites for hydroxylation is 1. The lowest BCUT2D eigenvalue weighted by atomic mass is 10.1. The van der Waals surface area contributed by atoms with E-state index in [0.717, 1.165) is 30.2 Å². The summed E-state index contributed by atoms with van der Waals surface area (Å²) in [4.78, 5) is 0. The standard InChI is InChI=1S/C14H18N2O2/c1-3-15-9-12-8-11(2)4-5-14(12)17-10-13-6-7-16-18-13/h4-8,15H,3,9-10H2,1-2H3. The van der Waals surface area contributed by atoms with Gasteiger partial charge in [0.15, 0.2) is 5.76 Å². The molecule has 1 N–H and O–H groups in total. The Labute approximate surface area is 107 Å². The molecule has 18 heavy (non-hydrogen) atoms. The summed E-state index contributed by atoms with van der Waals surface area (Å²) >= 11 is 0. The van der Waals surface area contributed by atoms with Crippen LogP contribution >= 0.6 is 0 Å². The van der Waals surface area contributed by atoms with Gasteiger partial charge in [0.25, 0.3) is 0 Å². The second kappa shape index (κ2) is 6.21. The minimum Gasteiger partial charge on any atom is -0.485 e. The van der Waals surface area contributed by atoms with Crippen molar-refractivity contribution in [3.8, 4) is 5.75 Å². The van der Waals surface area contributed by atoms with Gasteiger partial charge in [-0.15, -0.1) is 0 Å². The molecule has 0 unspecified atom stereocenters. The molecule has 0 fully saturated rings. The topological polar surface area (TPSA) is 47.3 Å². The first-order valence-electron chi connectivity index (χ1n) is 6.12. The highest BCUT2D eigenvalue weighted by Gasteiger charge is 2.05. The Morgan fingerprint density at radius 1 is 1.33 bits per heavy atom. The Morgan fingerprint density at radius 3 is 2.94 bits per heavy atom. The Bertz CT molecular complexity index is 481. The molecule has 2 rings (SSSR count). The highest BCUT2D eigenvalue weighted by atomic mass is 16.5. The van der Waals surface area contributed by atoms with Crippen LogP contribution in [0, 0.1) is 6.92 Å². The van der Waals surface area contributed by atoms with Crippen LogP contribution in [0.3, 0.4) is 0 Å². The quantitative estimate of drug-likeness (QED) is 0.851. The highest BCUT2D eigenvalue weighted by molar-refractivity contribution is 5.36. The maximum atomic E-state index is 5.76. The first-order valence-corrected chi connectivity index (χ1v) is 6.12. The first-order chi connectivity index (χ1) is 8.79. The summed E-state index contributed by atoms with van der Waals surface area (Å²) in [5.74, 6) is 1.61. The van der Waals surface area contributed by atoms with Crippen LogP contribution in [0.5, 0.6) is 5.75 Å². The van der Waals surface area contributed by atoms with E-state index in [4.69, 9.17) is 9.26 Å². The molecule has 1 aromatic heterocycles. The maximum Gasteiger partial charge on any atom is 0.174 e.